The van der Waals surface area contributed by atoms with E-state index in [0.717, 1.165) is 41.2 Å². The molecule has 0 atom stereocenters. The van der Waals surface area contributed by atoms with Gasteiger partial charge in [-0.1, -0.05) is 30.3 Å². The van der Waals surface area contributed by atoms with E-state index in [0.29, 0.717) is 19.0 Å². The van der Waals surface area contributed by atoms with E-state index in [1.807, 2.05) is 59.5 Å². The van der Waals surface area contributed by atoms with Crippen LogP contribution in [0.1, 0.15) is 36.8 Å². The van der Waals surface area contributed by atoms with Crippen molar-refractivity contribution in [3.8, 4) is 17.2 Å². The van der Waals surface area contributed by atoms with Crippen molar-refractivity contribution >= 4 is 5.96 Å². The van der Waals surface area contributed by atoms with Crippen molar-refractivity contribution in [3.05, 3.63) is 72.1 Å². The standard InChI is InChI=1S/C25H31N5O2/c1-26-25(27-15-19-16-29-30(18-19)21-10-4-3-5-11-21)28-17-20-9-8-14-23(31-2)24(20)32-22-12-6-7-13-22/h3-5,8-11,14,16,18,22H,6-7,12-13,15,17H2,1-2H3,(H2,26,27,28). The van der Waals surface area contributed by atoms with Crippen LogP contribution in [0.25, 0.3) is 5.69 Å². The SMILES string of the molecule is CN=C(NCc1cnn(-c2ccccc2)c1)NCc1cccc(OC)c1OC1CCCC1. The summed E-state index contributed by atoms with van der Waals surface area (Å²) in [6, 6.07) is 16.1. The maximum absolute atomic E-state index is 6.33. The minimum atomic E-state index is 0.267. The number of methoxy groups -OCH3 is 1. The fourth-order valence-electron chi connectivity index (χ4n) is 3.93. The monoisotopic (exact) mass is 433 g/mol. The number of hydrogen-bond acceptors (Lipinski definition) is 4. The van der Waals surface area contributed by atoms with E-state index >= 15 is 0 Å². The molecule has 168 valence electrons. The van der Waals surface area contributed by atoms with Crippen LogP contribution in [0.2, 0.25) is 0 Å². The zero-order valence-corrected chi connectivity index (χ0v) is 18.8. The van der Waals surface area contributed by atoms with E-state index in [1.165, 1.54) is 12.8 Å². The molecule has 7 nitrogen and oxygen atoms in total. The van der Waals surface area contributed by atoms with Crippen LogP contribution < -0.4 is 20.1 Å². The Morgan fingerprint density at radius 3 is 2.59 bits per heavy atom. The molecular weight excluding hydrogens is 402 g/mol. The average molecular weight is 434 g/mol. The summed E-state index contributed by atoms with van der Waals surface area (Å²) >= 11 is 0. The highest BCUT2D eigenvalue weighted by molar-refractivity contribution is 5.79. The van der Waals surface area contributed by atoms with Crippen molar-refractivity contribution in [1.82, 2.24) is 20.4 Å². The first-order valence-electron chi connectivity index (χ1n) is 11.1. The molecule has 0 amide bonds. The van der Waals surface area contributed by atoms with Crippen LogP contribution in [0.3, 0.4) is 0 Å². The maximum Gasteiger partial charge on any atom is 0.191 e. The summed E-state index contributed by atoms with van der Waals surface area (Å²) in [7, 11) is 3.45. The molecule has 0 bridgehead atoms. The number of aromatic nitrogens is 2. The van der Waals surface area contributed by atoms with Gasteiger partial charge >= 0.3 is 0 Å². The lowest BCUT2D eigenvalue weighted by Gasteiger charge is -2.20. The molecule has 1 aliphatic carbocycles. The molecule has 1 aliphatic rings. The summed E-state index contributed by atoms with van der Waals surface area (Å²) in [6.45, 7) is 1.21. The van der Waals surface area contributed by atoms with Gasteiger partial charge in [-0.05, 0) is 43.9 Å². The van der Waals surface area contributed by atoms with Crippen LogP contribution in [0, 0.1) is 0 Å². The zero-order chi connectivity index (χ0) is 22.2. The third-order valence-corrected chi connectivity index (χ3v) is 5.65. The molecule has 0 radical (unpaired) electrons. The molecular formula is C25H31N5O2. The second-order valence-electron chi connectivity index (χ2n) is 7.88. The number of aliphatic imine (C=N–C) groups is 1. The Morgan fingerprint density at radius 1 is 1.06 bits per heavy atom. The summed E-state index contributed by atoms with van der Waals surface area (Å²) in [6.07, 6.45) is 8.81. The fraction of sp³-hybridized carbons (Fsp3) is 0.360. The molecule has 2 N–H and O–H groups in total. The first-order valence-corrected chi connectivity index (χ1v) is 11.1. The van der Waals surface area contributed by atoms with Gasteiger partial charge in [-0.25, -0.2) is 4.68 Å². The van der Waals surface area contributed by atoms with Crippen LogP contribution in [0.4, 0.5) is 0 Å². The molecule has 32 heavy (non-hydrogen) atoms. The van der Waals surface area contributed by atoms with Crippen molar-refractivity contribution in [3.63, 3.8) is 0 Å². The molecule has 4 rings (SSSR count). The van der Waals surface area contributed by atoms with E-state index < -0.39 is 0 Å². The lowest BCUT2D eigenvalue weighted by Crippen LogP contribution is -2.36. The van der Waals surface area contributed by atoms with Crippen molar-refractivity contribution < 1.29 is 9.47 Å². The van der Waals surface area contributed by atoms with Gasteiger partial charge in [0.25, 0.3) is 0 Å². The van der Waals surface area contributed by atoms with Crippen molar-refractivity contribution in [1.29, 1.82) is 0 Å². The van der Waals surface area contributed by atoms with Gasteiger partial charge in [-0.15, -0.1) is 0 Å². The fourth-order valence-corrected chi connectivity index (χ4v) is 3.93. The van der Waals surface area contributed by atoms with E-state index in [2.05, 4.69) is 26.8 Å². The number of para-hydroxylation sites is 2. The highest BCUT2D eigenvalue weighted by Crippen LogP contribution is 2.34. The molecule has 3 aromatic rings. The molecule has 0 aliphatic heterocycles. The van der Waals surface area contributed by atoms with Crippen LogP contribution in [0.15, 0.2) is 65.9 Å². The number of rotatable bonds is 8. The first kappa shape index (κ1) is 21.7. The van der Waals surface area contributed by atoms with Gasteiger partial charge < -0.3 is 20.1 Å². The summed E-state index contributed by atoms with van der Waals surface area (Å²) in [5.41, 5.74) is 3.16. The van der Waals surface area contributed by atoms with Crippen LogP contribution in [0.5, 0.6) is 11.5 Å². The Kier molecular flexibility index (Phi) is 7.27. The van der Waals surface area contributed by atoms with Gasteiger partial charge in [0.15, 0.2) is 17.5 Å². The lowest BCUT2D eigenvalue weighted by molar-refractivity contribution is 0.198. The number of nitrogens with zero attached hydrogens (tertiary/aromatic N) is 3. The smallest absolute Gasteiger partial charge is 0.191 e. The molecule has 2 aromatic carbocycles. The second-order valence-corrected chi connectivity index (χ2v) is 7.88. The Labute approximate surface area is 189 Å². The maximum atomic E-state index is 6.33. The van der Waals surface area contributed by atoms with Gasteiger partial charge in [0, 0.05) is 37.5 Å². The molecule has 0 saturated heterocycles. The molecule has 7 heteroatoms. The normalized spacial score (nSPS) is 14.4. The van der Waals surface area contributed by atoms with E-state index in [9.17, 15) is 0 Å². The van der Waals surface area contributed by atoms with E-state index in [4.69, 9.17) is 9.47 Å². The Morgan fingerprint density at radius 2 is 1.84 bits per heavy atom. The largest absolute Gasteiger partial charge is 0.493 e. The predicted octanol–water partition coefficient (Wildman–Crippen LogP) is 4.07. The van der Waals surface area contributed by atoms with E-state index in [-0.39, 0.29) is 6.10 Å². The Balaban J connectivity index is 1.36. The van der Waals surface area contributed by atoms with Crippen LogP contribution in [-0.2, 0) is 13.1 Å². The van der Waals surface area contributed by atoms with Crippen LogP contribution >= 0.6 is 0 Å². The summed E-state index contributed by atoms with van der Waals surface area (Å²) < 4.78 is 13.8. The average Bonchev–Trinajstić information content (AvgIpc) is 3.53. The molecule has 1 saturated carbocycles. The highest BCUT2D eigenvalue weighted by atomic mass is 16.5. The topological polar surface area (TPSA) is 72.7 Å². The number of nitrogens with one attached hydrogen (secondary N) is 2. The number of ether oxygens (including phenoxy) is 2. The third-order valence-electron chi connectivity index (χ3n) is 5.65. The number of hydrogen-bond donors (Lipinski definition) is 2. The van der Waals surface area contributed by atoms with Crippen LogP contribution in [-0.4, -0.2) is 36.0 Å². The number of guanidine groups is 1. The Bertz CT molecular complexity index is 1030. The van der Waals surface area contributed by atoms with Gasteiger partial charge in [0.1, 0.15) is 0 Å². The second kappa shape index (κ2) is 10.7. The van der Waals surface area contributed by atoms with Crippen molar-refractivity contribution in [2.75, 3.05) is 14.2 Å². The van der Waals surface area contributed by atoms with Gasteiger partial charge in [0.2, 0.25) is 0 Å². The minimum absolute atomic E-state index is 0.267. The van der Waals surface area contributed by atoms with Gasteiger partial charge in [0.05, 0.1) is 25.1 Å². The quantitative estimate of drug-likeness (QED) is 0.414. The lowest BCUT2D eigenvalue weighted by atomic mass is 10.1. The summed E-state index contributed by atoms with van der Waals surface area (Å²) in [5, 5.41) is 11.2. The van der Waals surface area contributed by atoms with Crippen molar-refractivity contribution in [2.24, 2.45) is 4.99 Å². The zero-order valence-electron chi connectivity index (χ0n) is 18.8. The van der Waals surface area contributed by atoms with Gasteiger partial charge in [-0.3, -0.25) is 4.99 Å². The summed E-state index contributed by atoms with van der Waals surface area (Å²) in [4.78, 5) is 4.35. The van der Waals surface area contributed by atoms with Crippen molar-refractivity contribution in [2.45, 2.75) is 44.9 Å². The number of benzene rings is 2. The molecule has 1 fully saturated rings. The third kappa shape index (κ3) is 5.41. The minimum Gasteiger partial charge on any atom is -0.493 e. The first-order chi connectivity index (χ1) is 15.8. The molecule has 1 aromatic heterocycles. The molecule has 0 unspecified atom stereocenters. The van der Waals surface area contributed by atoms with E-state index in [1.54, 1.807) is 14.2 Å². The predicted molar refractivity (Wildman–Crippen MR) is 126 cm³/mol. The van der Waals surface area contributed by atoms with Gasteiger partial charge in [-0.2, -0.15) is 5.10 Å². The molecule has 1 heterocycles. The highest BCUT2D eigenvalue weighted by Gasteiger charge is 2.20. The Hall–Kier alpha value is -3.48. The molecule has 0 spiro atoms. The summed E-state index contributed by atoms with van der Waals surface area (Å²) in [5.74, 6) is 2.31.